The largest absolute Gasteiger partial charge is 0.459 e. The molecule has 1 N–H and O–H groups in total. The molecule has 0 spiro atoms. The van der Waals surface area contributed by atoms with Crippen molar-refractivity contribution in [3.05, 3.63) is 76.5 Å². The molecule has 0 radical (unpaired) electrons. The molecule has 2 saturated heterocycles. The highest BCUT2D eigenvalue weighted by Gasteiger charge is 2.41. The van der Waals surface area contributed by atoms with Crippen LogP contribution in [0.4, 0.5) is 4.39 Å². The van der Waals surface area contributed by atoms with Crippen LogP contribution in [0.15, 0.2) is 63.6 Å². The molecule has 2 fully saturated rings. The molecular weight excluding hydrogens is 519 g/mol. The molecular formula is C25H26BrFN4O2S. The zero-order chi connectivity index (χ0) is 23.5. The molecule has 2 aromatic heterocycles. The Morgan fingerprint density at radius 2 is 1.97 bits per heavy atom. The Hall–Kier alpha value is -2.33. The van der Waals surface area contributed by atoms with Crippen molar-refractivity contribution in [2.75, 3.05) is 39.4 Å². The SMILES string of the molecule is Fc1ccc(-c2ccc([C@H]3[C@H](c4ccccn4)NC(=S)N3CCCN3CCOCC3)o2)c(Br)c1. The van der Waals surface area contributed by atoms with Crippen LogP contribution in [-0.2, 0) is 4.74 Å². The number of hydrogen-bond acceptors (Lipinski definition) is 5. The monoisotopic (exact) mass is 544 g/mol. The topological polar surface area (TPSA) is 53.8 Å². The summed E-state index contributed by atoms with van der Waals surface area (Å²) in [5.41, 5.74) is 1.71. The third-order valence-electron chi connectivity index (χ3n) is 6.29. The van der Waals surface area contributed by atoms with Gasteiger partial charge in [-0.2, -0.15) is 0 Å². The van der Waals surface area contributed by atoms with Crippen LogP contribution in [0, 0.1) is 5.82 Å². The van der Waals surface area contributed by atoms with Gasteiger partial charge in [0.25, 0.3) is 0 Å². The van der Waals surface area contributed by atoms with E-state index in [-0.39, 0.29) is 17.9 Å². The lowest BCUT2D eigenvalue weighted by molar-refractivity contribution is 0.0365. The highest BCUT2D eigenvalue weighted by Crippen LogP contribution is 2.41. The highest BCUT2D eigenvalue weighted by molar-refractivity contribution is 9.10. The van der Waals surface area contributed by atoms with E-state index < -0.39 is 0 Å². The first-order valence-electron chi connectivity index (χ1n) is 11.4. The summed E-state index contributed by atoms with van der Waals surface area (Å²) in [7, 11) is 0. The number of thiocarbonyl (C=S) groups is 1. The first-order chi connectivity index (χ1) is 16.6. The minimum atomic E-state index is -0.297. The van der Waals surface area contributed by atoms with Crippen LogP contribution in [0.5, 0.6) is 0 Å². The lowest BCUT2D eigenvalue weighted by Gasteiger charge is -2.29. The summed E-state index contributed by atoms with van der Waals surface area (Å²) in [5.74, 6) is 1.17. The first-order valence-corrected chi connectivity index (χ1v) is 12.6. The number of furan rings is 1. The molecule has 3 aromatic rings. The van der Waals surface area contributed by atoms with Gasteiger partial charge in [-0.3, -0.25) is 9.88 Å². The van der Waals surface area contributed by atoms with Crippen molar-refractivity contribution in [3.63, 3.8) is 0 Å². The number of halogens is 2. The lowest BCUT2D eigenvalue weighted by Crippen LogP contribution is -2.38. The zero-order valence-electron chi connectivity index (χ0n) is 18.6. The van der Waals surface area contributed by atoms with Gasteiger partial charge in [-0.15, -0.1) is 0 Å². The molecule has 178 valence electrons. The summed E-state index contributed by atoms with van der Waals surface area (Å²) in [5, 5.41) is 4.17. The number of ether oxygens (including phenoxy) is 1. The Morgan fingerprint density at radius 3 is 2.74 bits per heavy atom. The van der Waals surface area contributed by atoms with Gasteiger partial charge in [-0.05, 0) is 77.0 Å². The summed E-state index contributed by atoms with van der Waals surface area (Å²) in [4.78, 5) is 9.22. The quantitative estimate of drug-likeness (QED) is 0.423. The molecule has 4 heterocycles. The summed E-state index contributed by atoms with van der Waals surface area (Å²) < 4.78 is 26.1. The Balaban J connectivity index is 1.41. The van der Waals surface area contributed by atoms with Crippen molar-refractivity contribution in [1.82, 2.24) is 20.1 Å². The number of morpholine rings is 1. The van der Waals surface area contributed by atoms with Gasteiger partial charge in [0.1, 0.15) is 23.4 Å². The molecule has 5 rings (SSSR count). The van der Waals surface area contributed by atoms with Crippen LogP contribution in [0.25, 0.3) is 11.3 Å². The van der Waals surface area contributed by atoms with E-state index in [0.717, 1.165) is 62.8 Å². The van der Waals surface area contributed by atoms with Gasteiger partial charge in [0.15, 0.2) is 5.11 Å². The van der Waals surface area contributed by atoms with E-state index in [1.54, 1.807) is 12.3 Å². The maximum atomic E-state index is 13.6. The van der Waals surface area contributed by atoms with Crippen molar-refractivity contribution in [3.8, 4) is 11.3 Å². The molecule has 2 aliphatic heterocycles. The van der Waals surface area contributed by atoms with E-state index in [9.17, 15) is 4.39 Å². The Morgan fingerprint density at radius 1 is 1.12 bits per heavy atom. The minimum absolute atomic E-state index is 0.132. The van der Waals surface area contributed by atoms with Gasteiger partial charge in [-0.1, -0.05) is 6.07 Å². The average Bonchev–Trinajstić information content (AvgIpc) is 3.45. The zero-order valence-corrected chi connectivity index (χ0v) is 21.0. The van der Waals surface area contributed by atoms with Gasteiger partial charge in [0.05, 0.1) is 24.9 Å². The molecule has 0 aliphatic carbocycles. The van der Waals surface area contributed by atoms with Crippen molar-refractivity contribution in [2.24, 2.45) is 0 Å². The van der Waals surface area contributed by atoms with Crippen LogP contribution in [0.1, 0.15) is 30.0 Å². The highest BCUT2D eigenvalue weighted by atomic mass is 79.9. The van der Waals surface area contributed by atoms with Crippen LogP contribution >= 0.6 is 28.1 Å². The molecule has 0 amide bonds. The second kappa shape index (κ2) is 10.5. The van der Waals surface area contributed by atoms with Crippen molar-refractivity contribution in [1.29, 1.82) is 0 Å². The Bertz CT molecular complexity index is 1140. The predicted molar refractivity (Wildman–Crippen MR) is 136 cm³/mol. The van der Waals surface area contributed by atoms with E-state index in [1.807, 2.05) is 30.3 Å². The Kier molecular flexibility index (Phi) is 7.24. The maximum absolute atomic E-state index is 13.6. The van der Waals surface area contributed by atoms with E-state index >= 15 is 0 Å². The molecule has 1 aromatic carbocycles. The standard InChI is InChI=1S/C25H26BrFN4O2S/c26-19-16-17(27)5-6-18(19)21-7-8-22(33-21)24-23(20-4-1-2-9-28-20)29-25(34)31(24)11-3-10-30-12-14-32-15-13-30/h1-2,4-9,16,23-24H,3,10-15H2,(H,29,34)/t23-,24-/m0/s1. The summed E-state index contributed by atoms with van der Waals surface area (Å²) in [6.45, 7) is 5.32. The maximum Gasteiger partial charge on any atom is 0.170 e. The molecule has 2 atom stereocenters. The van der Waals surface area contributed by atoms with Gasteiger partial charge in [0.2, 0.25) is 0 Å². The second-order valence-corrected chi connectivity index (χ2v) is 9.69. The number of benzene rings is 1. The molecule has 9 heteroatoms. The van der Waals surface area contributed by atoms with E-state index in [1.165, 1.54) is 12.1 Å². The Labute approximate surface area is 212 Å². The number of nitrogens with one attached hydrogen (secondary N) is 1. The van der Waals surface area contributed by atoms with Crippen molar-refractivity contribution < 1.29 is 13.5 Å². The van der Waals surface area contributed by atoms with Crippen LogP contribution in [0.3, 0.4) is 0 Å². The molecule has 0 bridgehead atoms. The number of pyridine rings is 1. The smallest absolute Gasteiger partial charge is 0.170 e. The number of hydrogen-bond donors (Lipinski definition) is 1. The molecule has 0 saturated carbocycles. The average molecular weight is 545 g/mol. The fourth-order valence-corrected chi connectivity index (χ4v) is 5.47. The van der Waals surface area contributed by atoms with Crippen molar-refractivity contribution in [2.45, 2.75) is 18.5 Å². The van der Waals surface area contributed by atoms with Crippen LogP contribution in [-0.4, -0.2) is 59.3 Å². The first kappa shape index (κ1) is 23.4. The predicted octanol–water partition coefficient (Wildman–Crippen LogP) is 4.94. The lowest BCUT2D eigenvalue weighted by atomic mass is 10.0. The third kappa shape index (κ3) is 5.02. The van der Waals surface area contributed by atoms with E-state index in [4.69, 9.17) is 21.4 Å². The number of nitrogens with zero attached hydrogens (tertiary/aromatic N) is 3. The molecule has 6 nitrogen and oxygen atoms in total. The summed E-state index contributed by atoms with van der Waals surface area (Å²) in [6.07, 6.45) is 2.77. The number of aromatic nitrogens is 1. The van der Waals surface area contributed by atoms with E-state index in [2.05, 4.69) is 36.0 Å². The number of rotatable bonds is 7. The second-order valence-electron chi connectivity index (χ2n) is 8.45. The summed E-state index contributed by atoms with van der Waals surface area (Å²) in [6, 6.07) is 14.1. The fourth-order valence-electron chi connectivity index (χ4n) is 4.59. The van der Waals surface area contributed by atoms with Crippen molar-refractivity contribution >= 4 is 33.3 Å². The van der Waals surface area contributed by atoms with Crippen LogP contribution < -0.4 is 5.32 Å². The fraction of sp³-hybridized carbons (Fsp3) is 0.360. The molecule has 34 heavy (non-hydrogen) atoms. The van der Waals surface area contributed by atoms with E-state index in [0.29, 0.717) is 15.3 Å². The van der Waals surface area contributed by atoms with Gasteiger partial charge < -0.3 is 19.4 Å². The van der Waals surface area contributed by atoms with Crippen LogP contribution in [0.2, 0.25) is 0 Å². The normalized spacial score (nSPS) is 21.1. The third-order valence-corrected chi connectivity index (χ3v) is 7.30. The van der Waals surface area contributed by atoms with Gasteiger partial charge in [0, 0.05) is 42.4 Å². The van der Waals surface area contributed by atoms with Gasteiger partial charge >= 0.3 is 0 Å². The van der Waals surface area contributed by atoms with Gasteiger partial charge in [-0.25, -0.2) is 4.39 Å². The minimum Gasteiger partial charge on any atom is -0.459 e. The molecule has 0 unspecified atom stereocenters. The summed E-state index contributed by atoms with van der Waals surface area (Å²) >= 11 is 9.21. The molecule has 2 aliphatic rings.